The summed E-state index contributed by atoms with van der Waals surface area (Å²) in [4.78, 5) is 16.1. The van der Waals surface area contributed by atoms with E-state index in [0.717, 1.165) is 12.8 Å². The molecule has 92 valence electrons. The van der Waals surface area contributed by atoms with Crippen molar-refractivity contribution in [2.45, 2.75) is 38.6 Å². The topological polar surface area (TPSA) is 49.6 Å². The molecule has 1 aliphatic rings. The Kier molecular flexibility index (Phi) is 4.99. The van der Waals surface area contributed by atoms with Crippen LogP contribution in [0.1, 0.15) is 32.6 Å². The molecule has 0 aliphatic heterocycles. The van der Waals surface area contributed by atoms with E-state index in [2.05, 4.69) is 0 Å². The van der Waals surface area contributed by atoms with Gasteiger partial charge in [0.05, 0.1) is 11.5 Å². The number of amides is 2. The number of carbonyl (C=O) groups is 1. The summed E-state index contributed by atoms with van der Waals surface area (Å²) in [6.07, 6.45) is 4.54. The summed E-state index contributed by atoms with van der Waals surface area (Å²) in [7, 11) is 1.81. The third kappa shape index (κ3) is 3.33. The summed E-state index contributed by atoms with van der Waals surface area (Å²) in [6, 6.07) is 0.366. The number of thiocarbonyl (C=S) groups is 1. The van der Waals surface area contributed by atoms with Crippen LogP contribution in [0.15, 0.2) is 0 Å². The minimum absolute atomic E-state index is 0.0437. The summed E-state index contributed by atoms with van der Waals surface area (Å²) >= 11 is 4.91. The number of nitrogens with two attached hydrogens (primary N) is 1. The van der Waals surface area contributed by atoms with Gasteiger partial charge in [0.2, 0.25) is 0 Å². The molecular formula is C11H21N3OS. The van der Waals surface area contributed by atoms with Crippen molar-refractivity contribution in [3.05, 3.63) is 0 Å². The number of urea groups is 1. The van der Waals surface area contributed by atoms with E-state index in [0.29, 0.717) is 24.1 Å². The standard InChI is InChI=1S/C11H21N3OS/c1-3-13(2)11(15)14(8-10(12)16)9-6-4-5-7-9/h9H,3-8H2,1-2H3,(H2,12,16). The van der Waals surface area contributed by atoms with Crippen LogP contribution >= 0.6 is 12.2 Å². The second-order valence-corrected chi connectivity index (χ2v) is 4.85. The molecule has 0 heterocycles. The Morgan fingerprint density at radius 1 is 1.44 bits per heavy atom. The second kappa shape index (κ2) is 6.03. The first-order chi connectivity index (χ1) is 7.56. The van der Waals surface area contributed by atoms with Crippen LogP contribution in [-0.2, 0) is 0 Å². The lowest BCUT2D eigenvalue weighted by molar-refractivity contribution is 0.153. The summed E-state index contributed by atoms with van der Waals surface area (Å²) < 4.78 is 0. The molecule has 0 saturated heterocycles. The second-order valence-electron chi connectivity index (χ2n) is 4.33. The summed E-state index contributed by atoms with van der Waals surface area (Å²) in [5.41, 5.74) is 5.56. The molecule has 0 unspecified atom stereocenters. The zero-order chi connectivity index (χ0) is 12.1. The molecule has 0 aromatic heterocycles. The van der Waals surface area contributed by atoms with E-state index in [1.165, 1.54) is 12.8 Å². The van der Waals surface area contributed by atoms with E-state index in [4.69, 9.17) is 18.0 Å². The molecular weight excluding hydrogens is 222 g/mol. The smallest absolute Gasteiger partial charge is 0.320 e. The van der Waals surface area contributed by atoms with E-state index in [9.17, 15) is 4.79 Å². The molecule has 1 saturated carbocycles. The van der Waals surface area contributed by atoms with Crippen molar-refractivity contribution in [2.24, 2.45) is 5.73 Å². The molecule has 1 aliphatic carbocycles. The monoisotopic (exact) mass is 243 g/mol. The molecule has 0 radical (unpaired) electrons. The minimum Gasteiger partial charge on any atom is -0.392 e. The van der Waals surface area contributed by atoms with Gasteiger partial charge in [-0.05, 0) is 19.8 Å². The van der Waals surface area contributed by atoms with Gasteiger partial charge in [-0.15, -0.1) is 0 Å². The van der Waals surface area contributed by atoms with Crippen molar-refractivity contribution in [1.29, 1.82) is 0 Å². The predicted octanol–water partition coefficient (Wildman–Crippen LogP) is 1.59. The number of nitrogens with zero attached hydrogens (tertiary/aromatic N) is 2. The van der Waals surface area contributed by atoms with Crippen molar-refractivity contribution in [3.8, 4) is 0 Å². The van der Waals surface area contributed by atoms with Gasteiger partial charge in [-0.3, -0.25) is 0 Å². The maximum atomic E-state index is 12.1. The molecule has 4 nitrogen and oxygen atoms in total. The molecule has 0 atom stereocenters. The van der Waals surface area contributed by atoms with Gasteiger partial charge in [-0.2, -0.15) is 0 Å². The first kappa shape index (κ1) is 13.2. The first-order valence-electron chi connectivity index (χ1n) is 5.86. The molecule has 2 amide bonds. The first-order valence-corrected chi connectivity index (χ1v) is 6.27. The molecule has 1 fully saturated rings. The Bertz CT molecular complexity index is 264. The van der Waals surface area contributed by atoms with Crippen LogP contribution in [0, 0.1) is 0 Å². The van der Waals surface area contributed by atoms with Crippen molar-refractivity contribution < 1.29 is 4.79 Å². The van der Waals surface area contributed by atoms with Gasteiger partial charge in [-0.1, -0.05) is 25.1 Å². The molecule has 0 bridgehead atoms. The minimum atomic E-state index is 0.0437. The van der Waals surface area contributed by atoms with Gasteiger partial charge in [0.15, 0.2) is 0 Å². The third-order valence-electron chi connectivity index (χ3n) is 3.14. The molecule has 0 spiro atoms. The van der Waals surface area contributed by atoms with E-state index in [1.54, 1.807) is 4.90 Å². The Morgan fingerprint density at radius 3 is 2.44 bits per heavy atom. The highest BCUT2D eigenvalue weighted by Gasteiger charge is 2.28. The van der Waals surface area contributed by atoms with E-state index >= 15 is 0 Å². The average molecular weight is 243 g/mol. The quantitative estimate of drug-likeness (QED) is 0.763. The van der Waals surface area contributed by atoms with Gasteiger partial charge in [0.25, 0.3) is 0 Å². The van der Waals surface area contributed by atoms with E-state index < -0.39 is 0 Å². The van der Waals surface area contributed by atoms with Crippen molar-refractivity contribution in [3.63, 3.8) is 0 Å². The van der Waals surface area contributed by atoms with E-state index in [-0.39, 0.29) is 6.03 Å². The van der Waals surface area contributed by atoms with Gasteiger partial charge in [0, 0.05) is 19.6 Å². The Labute approximate surface area is 103 Å². The van der Waals surface area contributed by atoms with Crippen molar-refractivity contribution >= 4 is 23.2 Å². The van der Waals surface area contributed by atoms with Crippen LogP contribution < -0.4 is 5.73 Å². The number of hydrogen-bond donors (Lipinski definition) is 1. The third-order valence-corrected chi connectivity index (χ3v) is 3.27. The highest BCUT2D eigenvalue weighted by Crippen LogP contribution is 2.24. The van der Waals surface area contributed by atoms with Crippen molar-refractivity contribution in [2.75, 3.05) is 20.1 Å². The Hall–Kier alpha value is -0.840. The maximum absolute atomic E-state index is 12.1. The lowest BCUT2D eigenvalue weighted by atomic mass is 10.2. The van der Waals surface area contributed by atoms with Crippen LogP contribution in [0.5, 0.6) is 0 Å². The largest absolute Gasteiger partial charge is 0.392 e. The van der Waals surface area contributed by atoms with Crippen molar-refractivity contribution in [1.82, 2.24) is 9.80 Å². The molecule has 2 N–H and O–H groups in total. The number of hydrogen-bond acceptors (Lipinski definition) is 2. The molecule has 1 rings (SSSR count). The number of carbonyl (C=O) groups excluding carboxylic acids is 1. The predicted molar refractivity (Wildman–Crippen MR) is 69.4 cm³/mol. The average Bonchev–Trinajstić information content (AvgIpc) is 2.76. The normalized spacial score (nSPS) is 16.1. The van der Waals surface area contributed by atoms with Crippen LogP contribution in [0.3, 0.4) is 0 Å². The zero-order valence-corrected chi connectivity index (χ0v) is 10.9. The van der Waals surface area contributed by atoms with Crippen LogP contribution in [-0.4, -0.2) is 47.0 Å². The number of rotatable bonds is 4. The Morgan fingerprint density at radius 2 is 2.00 bits per heavy atom. The highest BCUT2D eigenvalue weighted by molar-refractivity contribution is 7.80. The highest BCUT2D eigenvalue weighted by atomic mass is 32.1. The molecule has 0 aromatic rings. The lowest BCUT2D eigenvalue weighted by Gasteiger charge is -2.32. The SMILES string of the molecule is CCN(C)C(=O)N(CC(N)=S)C1CCCC1. The molecule has 0 aromatic carbocycles. The molecule has 16 heavy (non-hydrogen) atoms. The summed E-state index contributed by atoms with van der Waals surface area (Å²) in [5, 5.41) is 0. The summed E-state index contributed by atoms with van der Waals surface area (Å²) in [5.74, 6) is 0. The zero-order valence-electron chi connectivity index (χ0n) is 10.1. The molecule has 5 heteroatoms. The van der Waals surface area contributed by atoms with Crippen LogP contribution in [0.25, 0.3) is 0 Å². The van der Waals surface area contributed by atoms with Crippen LogP contribution in [0.2, 0.25) is 0 Å². The van der Waals surface area contributed by atoms with Gasteiger partial charge < -0.3 is 15.5 Å². The van der Waals surface area contributed by atoms with Gasteiger partial charge in [0.1, 0.15) is 0 Å². The van der Waals surface area contributed by atoms with E-state index in [1.807, 2.05) is 18.9 Å². The Balaban J connectivity index is 2.69. The van der Waals surface area contributed by atoms with Gasteiger partial charge >= 0.3 is 6.03 Å². The summed E-state index contributed by atoms with van der Waals surface area (Å²) in [6.45, 7) is 3.08. The van der Waals surface area contributed by atoms with Gasteiger partial charge in [-0.25, -0.2) is 4.79 Å². The fourth-order valence-electron chi connectivity index (χ4n) is 2.09. The fourth-order valence-corrected chi connectivity index (χ4v) is 2.23. The fraction of sp³-hybridized carbons (Fsp3) is 0.818. The lowest BCUT2D eigenvalue weighted by Crippen LogP contribution is -2.49. The van der Waals surface area contributed by atoms with Crippen LogP contribution in [0.4, 0.5) is 4.79 Å². The maximum Gasteiger partial charge on any atom is 0.320 e.